The van der Waals surface area contributed by atoms with E-state index in [2.05, 4.69) is 20.3 Å². The summed E-state index contributed by atoms with van der Waals surface area (Å²) in [5, 5.41) is 5.77. The van der Waals surface area contributed by atoms with E-state index < -0.39 is 23.2 Å². The summed E-state index contributed by atoms with van der Waals surface area (Å²) in [6, 6.07) is 0.765. The zero-order chi connectivity index (χ0) is 14.3. The number of rotatable bonds is 5. The van der Waals surface area contributed by atoms with Crippen LogP contribution in [0.25, 0.3) is 0 Å². The van der Waals surface area contributed by atoms with Crippen LogP contribution >= 0.6 is 0 Å². The molecule has 1 aromatic rings. The normalized spacial score (nSPS) is 11.6. The highest BCUT2D eigenvalue weighted by molar-refractivity contribution is 5.95. The molecule has 8 heteroatoms. The first-order valence-electron chi connectivity index (χ1n) is 5.31. The van der Waals surface area contributed by atoms with Crippen molar-refractivity contribution >= 4 is 12.1 Å². The molecule has 0 saturated carbocycles. The number of oxime groups is 1. The van der Waals surface area contributed by atoms with Gasteiger partial charge >= 0.3 is 6.18 Å². The van der Waals surface area contributed by atoms with Crippen molar-refractivity contribution < 1.29 is 22.8 Å². The van der Waals surface area contributed by atoms with Gasteiger partial charge in [0.2, 0.25) is 0 Å². The molecule has 0 spiro atoms. The third kappa shape index (κ3) is 4.57. The Bertz CT molecular complexity index is 461. The molecule has 5 nitrogen and oxygen atoms in total. The van der Waals surface area contributed by atoms with Crippen LogP contribution in [-0.2, 0) is 11.0 Å². The summed E-state index contributed by atoms with van der Waals surface area (Å²) in [6.07, 6.45) is -0.964. The van der Waals surface area contributed by atoms with E-state index in [1.165, 1.54) is 13.3 Å². The lowest BCUT2D eigenvalue weighted by Crippen LogP contribution is -2.27. The summed E-state index contributed by atoms with van der Waals surface area (Å²) in [5.41, 5.74) is -1.51. The molecule has 1 rings (SSSR count). The SMILES string of the molecule is CON=CCCNC(=O)c1cnccc1C(F)(F)F. The molecule has 1 aromatic heterocycles. The van der Waals surface area contributed by atoms with Crippen molar-refractivity contribution in [3.8, 4) is 0 Å². The first-order chi connectivity index (χ1) is 8.96. The monoisotopic (exact) mass is 275 g/mol. The molecule has 0 radical (unpaired) electrons. The van der Waals surface area contributed by atoms with E-state index in [-0.39, 0.29) is 6.54 Å². The van der Waals surface area contributed by atoms with Crippen LogP contribution in [0.3, 0.4) is 0 Å². The summed E-state index contributed by atoms with van der Waals surface area (Å²) in [6.45, 7) is 0.151. The maximum atomic E-state index is 12.7. The molecule has 0 saturated heterocycles. The van der Waals surface area contributed by atoms with Gasteiger partial charge in [-0.15, -0.1) is 0 Å². The first-order valence-corrected chi connectivity index (χ1v) is 5.31. The van der Waals surface area contributed by atoms with E-state index in [1.54, 1.807) is 0 Å². The zero-order valence-electron chi connectivity index (χ0n) is 10.1. The van der Waals surface area contributed by atoms with Gasteiger partial charge in [0.25, 0.3) is 5.91 Å². The van der Waals surface area contributed by atoms with E-state index in [0.29, 0.717) is 6.42 Å². The molecule has 0 aliphatic rings. The standard InChI is InChI=1S/C11H12F3N3O2/c1-19-17-5-2-4-16-10(18)8-7-15-6-3-9(8)11(12,13)14/h3,5-7H,2,4H2,1H3,(H,16,18). The Morgan fingerprint density at radius 2 is 2.32 bits per heavy atom. The Labute approximate surface area is 107 Å². The van der Waals surface area contributed by atoms with E-state index in [0.717, 1.165) is 18.5 Å². The third-order valence-electron chi connectivity index (χ3n) is 2.11. The van der Waals surface area contributed by atoms with Crippen LogP contribution in [0.2, 0.25) is 0 Å². The van der Waals surface area contributed by atoms with Crippen molar-refractivity contribution in [2.75, 3.05) is 13.7 Å². The van der Waals surface area contributed by atoms with E-state index in [4.69, 9.17) is 0 Å². The van der Waals surface area contributed by atoms with Crippen LogP contribution in [0.5, 0.6) is 0 Å². The fraction of sp³-hybridized carbons (Fsp3) is 0.364. The number of carbonyl (C=O) groups excluding carboxylic acids is 1. The quantitative estimate of drug-likeness (QED) is 0.506. The second-order valence-electron chi connectivity index (χ2n) is 3.43. The van der Waals surface area contributed by atoms with Crippen molar-refractivity contribution in [2.24, 2.45) is 5.16 Å². The first kappa shape index (κ1) is 14.9. The van der Waals surface area contributed by atoms with Crippen LogP contribution in [0, 0.1) is 0 Å². The molecule has 1 amide bonds. The molecule has 0 unspecified atom stereocenters. The van der Waals surface area contributed by atoms with Gasteiger partial charge in [0, 0.05) is 31.6 Å². The van der Waals surface area contributed by atoms with Gasteiger partial charge in [-0.25, -0.2) is 0 Å². The lowest BCUT2D eigenvalue weighted by atomic mass is 10.1. The van der Waals surface area contributed by atoms with Gasteiger partial charge in [0.05, 0.1) is 11.1 Å². The number of hydrogen-bond acceptors (Lipinski definition) is 4. The van der Waals surface area contributed by atoms with E-state index in [9.17, 15) is 18.0 Å². The molecular weight excluding hydrogens is 263 g/mol. The largest absolute Gasteiger partial charge is 0.417 e. The average Bonchev–Trinajstić information content (AvgIpc) is 2.37. The number of aromatic nitrogens is 1. The molecule has 0 aliphatic heterocycles. The molecule has 0 bridgehead atoms. The molecule has 0 aliphatic carbocycles. The Kier molecular flexibility index (Phi) is 5.28. The lowest BCUT2D eigenvalue weighted by molar-refractivity contribution is -0.138. The van der Waals surface area contributed by atoms with Gasteiger partial charge in [0.15, 0.2) is 0 Å². The second kappa shape index (κ2) is 6.72. The topological polar surface area (TPSA) is 63.6 Å². The highest BCUT2D eigenvalue weighted by Crippen LogP contribution is 2.31. The van der Waals surface area contributed by atoms with Crippen molar-refractivity contribution in [3.63, 3.8) is 0 Å². The number of nitrogens with zero attached hydrogens (tertiary/aromatic N) is 2. The number of hydrogen-bond donors (Lipinski definition) is 1. The number of nitrogens with one attached hydrogen (secondary N) is 1. The minimum atomic E-state index is -4.59. The summed E-state index contributed by atoms with van der Waals surface area (Å²) in [5.74, 6) is -0.828. The predicted molar refractivity (Wildman–Crippen MR) is 61.7 cm³/mol. The highest BCUT2D eigenvalue weighted by Gasteiger charge is 2.35. The lowest BCUT2D eigenvalue weighted by Gasteiger charge is -2.11. The molecular formula is C11H12F3N3O2. The zero-order valence-corrected chi connectivity index (χ0v) is 10.1. The van der Waals surface area contributed by atoms with Gasteiger partial charge in [-0.1, -0.05) is 5.16 Å². The summed E-state index contributed by atoms with van der Waals surface area (Å²) in [7, 11) is 1.36. The number of carbonyl (C=O) groups is 1. The van der Waals surface area contributed by atoms with Gasteiger partial charge in [-0.3, -0.25) is 9.78 Å². The Morgan fingerprint density at radius 1 is 1.58 bits per heavy atom. The van der Waals surface area contributed by atoms with Crippen molar-refractivity contribution in [1.29, 1.82) is 0 Å². The number of halogens is 3. The molecule has 0 atom stereocenters. The Balaban J connectivity index is 2.70. The second-order valence-corrected chi connectivity index (χ2v) is 3.43. The van der Waals surface area contributed by atoms with Crippen LogP contribution in [0.15, 0.2) is 23.6 Å². The molecule has 1 heterocycles. The van der Waals surface area contributed by atoms with Gasteiger partial charge < -0.3 is 10.2 Å². The van der Waals surface area contributed by atoms with Gasteiger partial charge in [0.1, 0.15) is 7.11 Å². The number of alkyl halides is 3. The Morgan fingerprint density at radius 3 is 2.95 bits per heavy atom. The molecule has 0 fully saturated rings. The van der Waals surface area contributed by atoms with E-state index >= 15 is 0 Å². The maximum absolute atomic E-state index is 12.7. The smallest absolute Gasteiger partial charge is 0.399 e. The summed E-state index contributed by atoms with van der Waals surface area (Å²) >= 11 is 0. The van der Waals surface area contributed by atoms with Crippen LogP contribution in [0.1, 0.15) is 22.3 Å². The highest BCUT2D eigenvalue weighted by atomic mass is 19.4. The number of amides is 1. The van der Waals surface area contributed by atoms with Gasteiger partial charge in [-0.2, -0.15) is 13.2 Å². The predicted octanol–water partition coefficient (Wildman–Crippen LogP) is 1.85. The summed E-state index contributed by atoms with van der Waals surface area (Å²) < 4.78 is 38.0. The minimum Gasteiger partial charge on any atom is -0.399 e. The van der Waals surface area contributed by atoms with Crippen molar-refractivity contribution in [2.45, 2.75) is 12.6 Å². The average molecular weight is 275 g/mol. The fourth-order valence-corrected chi connectivity index (χ4v) is 1.30. The summed E-state index contributed by atoms with van der Waals surface area (Å²) in [4.78, 5) is 19.5. The van der Waals surface area contributed by atoms with Crippen molar-refractivity contribution in [3.05, 3.63) is 29.6 Å². The van der Waals surface area contributed by atoms with Crippen LogP contribution in [-0.4, -0.2) is 30.8 Å². The fourth-order valence-electron chi connectivity index (χ4n) is 1.30. The van der Waals surface area contributed by atoms with Crippen LogP contribution in [0.4, 0.5) is 13.2 Å². The third-order valence-corrected chi connectivity index (χ3v) is 2.11. The van der Waals surface area contributed by atoms with E-state index in [1.807, 2.05) is 0 Å². The van der Waals surface area contributed by atoms with Crippen LogP contribution < -0.4 is 5.32 Å². The molecule has 1 N–H and O–H groups in total. The number of pyridine rings is 1. The molecule has 19 heavy (non-hydrogen) atoms. The maximum Gasteiger partial charge on any atom is 0.417 e. The minimum absolute atomic E-state index is 0.151. The van der Waals surface area contributed by atoms with Gasteiger partial charge in [-0.05, 0) is 6.07 Å². The Hall–Kier alpha value is -2.12. The molecule has 0 aromatic carbocycles. The van der Waals surface area contributed by atoms with Crippen molar-refractivity contribution in [1.82, 2.24) is 10.3 Å². The molecule has 104 valence electrons.